The second kappa shape index (κ2) is 8.69. The molecule has 0 spiro atoms. The largest absolute Gasteiger partial charge is 0.379 e. The Labute approximate surface area is 150 Å². The molecule has 1 aliphatic heterocycles. The van der Waals surface area contributed by atoms with Crippen LogP contribution >= 0.6 is 24.0 Å². The number of guanidine groups is 1. The summed E-state index contributed by atoms with van der Waals surface area (Å²) in [6.07, 6.45) is 0. The van der Waals surface area contributed by atoms with Crippen molar-refractivity contribution in [3.05, 3.63) is 29.8 Å². The third-order valence-electron chi connectivity index (χ3n) is 3.83. The van der Waals surface area contributed by atoms with E-state index in [1.807, 2.05) is 24.3 Å². The molecule has 124 valence electrons. The second-order valence-corrected chi connectivity index (χ2v) is 6.10. The maximum Gasteiger partial charge on any atom is 0.193 e. The highest BCUT2D eigenvalue weighted by Gasteiger charge is 2.27. The summed E-state index contributed by atoms with van der Waals surface area (Å²) in [7, 11) is 0. The summed E-state index contributed by atoms with van der Waals surface area (Å²) in [5.74, 6) is 0.459. The van der Waals surface area contributed by atoms with Crippen molar-refractivity contribution in [1.29, 1.82) is 0 Å². The molecule has 1 saturated heterocycles. The number of nitrogens with zero attached hydrogens (tertiary/aromatic N) is 2. The van der Waals surface area contributed by atoms with Crippen molar-refractivity contribution in [2.24, 2.45) is 10.7 Å². The van der Waals surface area contributed by atoms with Gasteiger partial charge in [-0.2, -0.15) is 0 Å². The minimum absolute atomic E-state index is 0. The van der Waals surface area contributed by atoms with Gasteiger partial charge in [-0.05, 0) is 32.9 Å². The lowest BCUT2D eigenvalue weighted by molar-refractivity contribution is -0.00680. The molecule has 0 radical (unpaired) electrons. The molecule has 6 heteroatoms. The Bertz CT molecular complexity index is 481. The summed E-state index contributed by atoms with van der Waals surface area (Å²) >= 11 is 0. The van der Waals surface area contributed by atoms with Crippen LogP contribution in [-0.2, 0) is 4.74 Å². The zero-order valence-corrected chi connectivity index (χ0v) is 16.0. The minimum Gasteiger partial charge on any atom is -0.379 e. The highest BCUT2D eigenvalue weighted by molar-refractivity contribution is 14.0. The van der Waals surface area contributed by atoms with Crippen molar-refractivity contribution in [2.75, 3.05) is 38.2 Å². The molecule has 0 bridgehead atoms. The van der Waals surface area contributed by atoms with E-state index < -0.39 is 0 Å². The van der Waals surface area contributed by atoms with Crippen molar-refractivity contribution in [2.45, 2.75) is 26.3 Å². The predicted octanol–water partition coefficient (Wildman–Crippen LogP) is 2.45. The Hall–Kier alpha value is -0.860. The first-order chi connectivity index (χ1) is 9.97. The number of halogens is 1. The molecule has 1 heterocycles. The van der Waals surface area contributed by atoms with Crippen LogP contribution in [-0.4, -0.2) is 49.2 Å². The van der Waals surface area contributed by atoms with Gasteiger partial charge in [0.15, 0.2) is 5.96 Å². The number of nitrogens with two attached hydrogens (primary N) is 1. The van der Waals surface area contributed by atoms with Crippen molar-refractivity contribution >= 4 is 35.6 Å². The lowest BCUT2D eigenvalue weighted by Gasteiger charge is -2.39. The van der Waals surface area contributed by atoms with E-state index in [4.69, 9.17) is 10.5 Å². The minimum atomic E-state index is -0.0106. The Kier molecular flexibility index (Phi) is 7.58. The highest BCUT2D eigenvalue weighted by Crippen LogP contribution is 2.16. The van der Waals surface area contributed by atoms with E-state index in [-0.39, 0.29) is 29.5 Å². The zero-order valence-electron chi connectivity index (χ0n) is 13.6. The van der Waals surface area contributed by atoms with Crippen LogP contribution in [0.1, 0.15) is 19.4 Å². The van der Waals surface area contributed by atoms with Crippen molar-refractivity contribution in [3.8, 4) is 0 Å². The topological polar surface area (TPSA) is 62.9 Å². The van der Waals surface area contributed by atoms with Gasteiger partial charge in [0.1, 0.15) is 0 Å². The van der Waals surface area contributed by atoms with Gasteiger partial charge < -0.3 is 15.8 Å². The number of hydrogen-bond donors (Lipinski definition) is 2. The molecule has 0 saturated carbocycles. The first kappa shape index (κ1) is 19.2. The molecule has 0 aliphatic carbocycles. The van der Waals surface area contributed by atoms with E-state index in [2.05, 4.69) is 36.0 Å². The van der Waals surface area contributed by atoms with E-state index >= 15 is 0 Å². The number of benzene rings is 1. The van der Waals surface area contributed by atoms with E-state index in [0.29, 0.717) is 12.5 Å². The number of aryl methyl sites for hydroxylation is 1. The smallest absolute Gasteiger partial charge is 0.193 e. The van der Waals surface area contributed by atoms with Gasteiger partial charge in [-0.15, -0.1) is 24.0 Å². The molecule has 5 nitrogen and oxygen atoms in total. The van der Waals surface area contributed by atoms with Crippen LogP contribution in [0.25, 0.3) is 0 Å². The SMILES string of the molecule is Cc1ccc(NC(N)=NCC(C)(C)N2CCOCC2)cc1.I. The van der Waals surface area contributed by atoms with Crippen molar-refractivity contribution in [1.82, 2.24) is 4.90 Å². The quantitative estimate of drug-likeness (QED) is 0.448. The molecular weight excluding hydrogens is 391 g/mol. The molecule has 22 heavy (non-hydrogen) atoms. The highest BCUT2D eigenvalue weighted by atomic mass is 127. The van der Waals surface area contributed by atoms with Gasteiger partial charge in [0, 0.05) is 24.3 Å². The molecule has 3 N–H and O–H groups in total. The normalized spacial score (nSPS) is 17.0. The maximum absolute atomic E-state index is 5.98. The summed E-state index contributed by atoms with van der Waals surface area (Å²) in [5.41, 5.74) is 8.16. The van der Waals surface area contributed by atoms with Crippen LogP contribution in [0.4, 0.5) is 5.69 Å². The number of anilines is 1. The number of aliphatic imine (C=N–C) groups is 1. The number of hydrogen-bond acceptors (Lipinski definition) is 3. The lowest BCUT2D eigenvalue weighted by atomic mass is 10.0. The molecule has 0 unspecified atom stereocenters. The first-order valence-electron chi connectivity index (χ1n) is 7.44. The van der Waals surface area contributed by atoms with Gasteiger partial charge >= 0.3 is 0 Å². The van der Waals surface area contributed by atoms with Crippen LogP contribution in [0, 0.1) is 6.92 Å². The molecule has 0 aromatic heterocycles. The monoisotopic (exact) mass is 418 g/mol. The van der Waals surface area contributed by atoms with Crippen molar-refractivity contribution in [3.63, 3.8) is 0 Å². The fourth-order valence-corrected chi connectivity index (χ4v) is 2.37. The number of morpholine rings is 1. The predicted molar refractivity (Wildman–Crippen MR) is 103 cm³/mol. The van der Waals surface area contributed by atoms with Gasteiger partial charge in [-0.1, -0.05) is 17.7 Å². The average molecular weight is 418 g/mol. The number of rotatable bonds is 4. The zero-order chi connectivity index (χ0) is 15.3. The van der Waals surface area contributed by atoms with Crippen LogP contribution in [0.3, 0.4) is 0 Å². The van der Waals surface area contributed by atoms with E-state index in [1.54, 1.807) is 0 Å². The third-order valence-corrected chi connectivity index (χ3v) is 3.83. The molecule has 0 amide bonds. The van der Waals surface area contributed by atoms with Crippen LogP contribution < -0.4 is 11.1 Å². The van der Waals surface area contributed by atoms with Crippen molar-refractivity contribution < 1.29 is 4.74 Å². The number of nitrogens with one attached hydrogen (secondary N) is 1. The molecule has 0 atom stereocenters. The van der Waals surface area contributed by atoms with Crippen LogP contribution in [0.5, 0.6) is 0 Å². The molecule has 2 rings (SSSR count). The summed E-state index contributed by atoms with van der Waals surface area (Å²) in [4.78, 5) is 6.89. The molecule has 1 aromatic carbocycles. The van der Waals surface area contributed by atoms with Gasteiger partial charge in [0.25, 0.3) is 0 Å². The van der Waals surface area contributed by atoms with Gasteiger partial charge in [0.2, 0.25) is 0 Å². The third kappa shape index (κ3) is 5.73. The fourth-order valence-electron chi connectivity index (χ4n) is 2.37. The van der Waals surface area contributed by atoms with E-state index in [0.717, 1.165) is 32.0 Å². The molecule has 1 aromatic rings. The summed E-state index contributed by atoms with van der Waals surface area (Å²) in [6.45, 7) is 10.6. The van der Waals surface area contributed by atoms with Gasteiger partial charge in [-0.25, -0.2) is 0 Å². The Morgan fingerprint density at radius 2 is 1.86 bits per heavy atom. The summed E-state index contributed by atoms with van der Waals surface area (Å²) < 4.78 is 5.39. The van der Waals surface area contributed by atoms with E-state index in [1.165, 1.54) is 5.56 Å². The van der Waals surface area contributed by atoms with Crippen LogP contribution in [0.2, 0.25) is 0 Å². The Morgan fingerprint density at radius 3 is 2.45 bits per heavy atom. The fraction of sp³-hybridized carbons (Fsp3) is 0.562. The first-order valence-corrected chi connectivity index (χ1v) is 7.44. The van der Waals surface area contributed by atoms with Gasteiger partial charge in [-0.3, -0.25) is 9.89 Å². The maximum atomic E-state index is 5.98. The number of ether oxygens (including phenoxy) is 1. The summed E-state index contributed by atoms with van der Waals surface area (Å²) in [5, 5.41) is 3.13. The molecular formula is C16H27IN4O. The lowest BCUT2D eigenvalue weighted by Crippen LogP contribution is -2.51. The Balaban J connectivity index is 0.00000242. The second-order valence-electron chi connectivity index (χ2n) is 6.10. The standard InChI is InChI=1S/C16H26N4O.HI/c1-13-4-6-14(7-5-13)19-15(17)18-12-16(2,3)20-8-10-21-11-9-20;/h4-7H,8-12H2,1-3H3,(H3,17,18,19);1H. The Morgan fingerprint density at radius 1 is 1.27 bits per heavy atom. The average Bonchev–Trinajstić information content (AvgIpc) is 2.49. The van der Waals surface area contributed by atoms with Crippen LogP contribution in [0.15, 0.2) is 29.3 Å². The van der Waals surface area contributed by atoms with E-state index in [9.17, 15) is 0 Å². The molecule has 1 aliphatic rings. The van der Waals surface area contributed by atoms with Gasteiger partial charge in [0.05, 0.1) is 19.8 Å². The molecule has 1 fully saturated rings. The summed E-state index contributed by atoms with van der Waals surface area (Å²) in [6, 6.07) is 8.11.